The summed E-state index contributed by atoms with van der Waals surface area (Å²) in [6, 6.07) is 3.04. The number of hydrogen-bond acceptors (Lipinski definition) is 4. The minimum atomic E-state index is -3.72. The summed E-state index contributed by atoms with van der Waals surface area (Å²) < 4.78 is 23.2. The van der Waals surface area contributed by atoms with Crippen molar-refractivity contribution in [2.24, 2.45) is 0 Å². The Morgan fingerprint density at radius 1 is 1.47 bits per heavy atom. The van der Waals surface area contributed by atoms with E-state index in [0.717, 1.165) is 11.3 Å². The summed E-state index contributed by atoms with van der Waals surface area (Å²) >= 11 is 4.20. The number of halogens is 1. The molecule has 0 spiro atoms. The third-order valence-corrected chi connectivity index (χ3v) is 7.03. The zero-order chi connectivity index (χ0) is 11.3. The van der Waals surface area contributed by atoms with Crippen molar-refractivity contribution in [1.82, 2.24) is 0 Å². The number of aliphatic carboxylic acids is 1. The Balaban J connectivity index is 2.49. The van der Waals surface area contributed by atoms with Crippen LogP contribution in [0.4, 0.5) is 0 Å². The highest BCUT2D eigenvalue weighted by Gasteiger charge is 2.62. The Morgan fingerprint density at radius 2 is 2.07 bits per heavy atom. The summed E-state index contributed by atoms with van der Waals surface area (Å²) in [5.41, 5.74) is 0. The number of carboxylic acids is 1. The highest BCUT2D eigenvalue weighted by molar-refractivity contribution is 9.11. The molecule has 1 fully saturated rings. The van der Waals surface area contributed by atoms with E-state index >= 15 is 0 Å². The van der Waals surface area contributed by atoms with E-state index < -0.39 is 20.6 Å². The second-order valence-electron chi connectivity index (χ2n) is 3.36. The molecule has 7 heteroatoms. The second kappa shape index (κ2) is 3.29. The molecule has 0 unspecified atom stereocenters. The van der Waals surface area contributed by atoms with Gasteiger partial charge in [-0.2, -0.15) is 0 Å². The predicted octanol–water partition coefficient (Wildman–Crippen LogP) is 1.90. The first-order valence-electron chi connectivity index (χ1n) is 4.13. The van der Waals surface area contributed by atoms with Gasteiger partial charge in [0.2, 0.25) is 9.84 Å². The largest absolute Gasteiger partial charge is 0.480 e. The number of carbonyl (C=O) groups is 1. The average molecular weight is 311 g/mol. The van der Waals surface area contributed by atoms with Gasteiger partial charge in [-0.1, -0.05) is 0 Å². The van der Waals surface area contributed by atoms with Crippen LogP contribution in [0, 0.1) is 0 Å². The predicted molar refractivity (Wildman–Crippen MR) is 58.8 cm³/mol. The van der Waals surface area contributed by atoms with E-state index in [9.17, 15) is 13.2 Å². The molecule has 0 amide bonds. The van der Waals surface area contributed by atoms with Crippen molar-refractivity contribution in [1.29, 1.82) is 0 Å². The summed E-state index contributed by atoms with van der Waals surface area (Å²) in [6.07, 6.45) is 0.417. The summed E-state index contributed by atoms with van der Waals surface area (Å²) in [4.78, 5) is 10.9. The molecule has 1 aliphatic rings. The fraction of sp³-hybridized carbons (Fsp3) is 0.375. The van der Waals surface area contributed by atoms with Gasteiger partial charge in [-0.25, -0.2) is 8.42 Å². The lowest BCUT2D eigenvalue weighted by Crippen LogP contribution is -2.31. The minimum absolute atomic E-state index is 0.120. The van der Waals surface area contributed by atoms with Crippen LogP contribution in [0.3, 0.4) is 0 Å². The molecule has 0 aliphatic heterocycles. The van der Waals surface area contributed by atoms with Crippen molar-refractivity contribution in [2.75, 3.05) is 0 Å². The Labute approximate surface area is 99.0 Å². The molecule has 1 aromatic heterocycles. The first-order chi connectivity index (χ1) is 6.90. The zero-order valence-corrected chi connectivity index (χ0v) is 10.7. The van der Waals surface area contributed by atoms with Crippen LogP contribution >= 0.6 is 27.3 Å². The summed E-state index contributed by atoms with van der Waals surface area (Å²) in [5, 5.41) is 8.92. The van der Waals surface area contributed by atoms with Gasteiger partial charge in [0, 0.05) is 0 Å². The van der Waals surface area contributed by atoms with Crippen molar-refractivity contribution < 1.29 is 18.3 Å². The first-order valence-corrected chi connectivity index (χ1v) is 7.23. The average Bonchev–Trinajstić information content (AvgIpc) is 2.85. The number of thiophene rings is 1. The maximum Gasteiger partial charge on any atom is 0.325 e. The van der Waals surface area contributed by atoms with E-state index in [2.05, 4.69) is 15.9 Å². The summed E-state index contributed by atoms with van der Waals surface area (Å²) in [6.45, 7) is 0. The Kier molecular flexibility index (Phi) is 2.44. The molecule has 1 heterocycles. The molecule has 2 rings (SSSR count). The van der Waals surface area contributed by atoms with E-state index in [0.29, 0.717) is 3.79 Å². The van der Waals surface area contributed by atoms with Crippen LogP contribution in [0.25, 0.3) is 0 Å². The molecule has 1 aliphatic carbocycles. The van der Waals surface area contributed by atoms with Crippen LogP contribution in [0.2, 0.25) is 0 Å². The quantitative estimate of drug-likeness (QED) is 0.925. The molecular formula is C8H7BrO4S2. The van der Waals surface area contributed by atoms with E-state index in [1.54, 1.807) is 6.07 Å². The lowest BCUT2D eigenvalue weighted by Gasteiger charge is -2.08. The Morgan fingerprint density at radius 3 is 2.40 bits per heavy atom. The number of sulfone groups is 1. The monoisotopic (exact) mass is 310 g/mol. The van der Waals surface area contributed by atoms with E-state index in [1.807, 2.05) is 0 Å². The molecule has 1 saturated carbocycles. The number of rotatable bonds is 3. The molecule has 0 bridgehead atoms. The standard InChI is InChI=1S/C8H7BrO4S2/c9-5-1-2-6(14-5)15(12,13)8(3-4-8)7(10)11/h1-2H,3-4H2,(H,10,11). The molecule has 0 saturated heterocycles. The molecule has 82 valence electrons. The molecule has 4 nitrogen and oxygen atoms in total. The molecule has 0 atom stereocenters. The first kappa shape index (κ1) is 11.1. The van der Waals surface area contributed by atoms with E-state index in [-0.39, 0.29) is 17.1 Å². The highest BCUT2D eigenvalue weighted by atomic mass is 79.9. The maximum absolute atomic E-state index is 12.0. The van der Waals surface area contributed by atoms with Crippen LogP contribution in [0.5, 0.6) is 0 Å². The Bertz CT molecular complexity index is 512. The summed E-state index contributed by atoms with van der Waals surface area (Å²) in [7, 11) is -3.72. The molecule has 1 N–H and O–H groups in total. The van der Waals surface area contributed by atoms with Gasteiger partial charge in [0.1, 0.15) is 4.21 Å². The smallest absolute Gasteiger partial charge is 0.325 e. The molecular weight excluding hydrogens is 304 g/mol. The van der Waals surface area contributed by atoms with Crippen LogP contribution in [-0.4, -0.2) is 24.2 Å². The van der Waals surface area contributed by atoms with Gasteiger partial charge in [0.05, 0.1) is 3.79 Å². The van der Waals surface area contributed by atoms with Crippen LogP contribution in [-0.2, 0) is 14.6 Å². The van der Waals surface area contributed by atoms with Crippen molar-refractivity contribution in [3.05, 3.63) is 15.9 Å². The summed E-state index contributed by atoms with van der Waals surface area (Å²) in [5.74, 6) is -1.24. The lowest BCUT2D eigenvalue weighted by molar-refractivity contribution is -0.137. The fourth-order valence-corrected chi connectivity index (χ4v) is 5.48. The molecule has 15 heavy (non-hydrogen) atoms. The van der Waals surface area contributed by atoms with Gasteiger partial charge in [-0.05, 0) is 40.9 Å². The van der Waals surface area contributed by atoms with Crippen LogP contribution in [0.15, 0.2) is 20.1 Å². The Hall–Kier alpha value is -0.400. The molecule has 1 aromatic rings. The van der Waals surface area contributed by atoms with Crippen LogP contribution in [0.1, 0.15) is 12.8 Å². The van der Waals surface area contributed by atoms with Gasteiger partial charge < -0.3 is 5.11 Å². The number of carboxylic acid groups (broad SMARTS) is 1. The van der Waals surface area contributed by atoms with Crippen molar-refractivity contribution in [3.8, 4) is 0 Å². The number of hydrogen-bond donors (Lipinski definition) is 1. The fourth-order valence-electron chi connectivity index (χ4n) is 1.35. The third-order valence-electron chi connectivity index (χ3n) is 2.42. The molecule has 0 aromatic carbocycles. The highest BCUT2D eigenvalue weighted by Crippen LogP contribution is 2.48. The van der Waals surface area contributed by atoms with Gasteiger partial charge in [-0.15, -0.1) is 11.3 Å². The van der Waals surface area contributed by atoms with E-state index in [4.69, 9.17) is 5.11 Å². The van der Waals surface area contributed by atoms with Crippen molar-refractivity contribution in [3.63, 3.8) is 0 Å². The SMILES string of the molecule is O=C(O)C1(S(=O)(=O)c2ccc(Br)s2)CC1. The maximum atomic E-state index is 12.0. The normalized spacial score (nSPS) is 18.7. The van der Waals surface area contributed by atoms with Gasteiger partial charge in [0.25, 0.3) is 0 Å². The van der Waals surface area contributed by atoms with Crippen molar-refractivity contribution in [2.45, 2.75) is 21.8 Å². The zero-order valence-electron chi connectivity index (χ0n) is 7.44. The second-order valence-corrected chi connectivity index (χ2v) is 8.31. The van der Waals surface area contributed by atoms with Gasteiger partial charge in [-0.3, -0.25) is 4.79 Å². The van der Waals surface area contributed by atoms with E-state index in [1.165, 1.54) is 6.07 Å². The van der Waals surface area contributed by atoms with Gasteiger partial charge in [0.15, 0.2) is 4.75 Å². The van der Waals surface area contributed by atoms with Gasteiger partial charge >= 0.3 is 5.97 Å². The van der Waals surface area contributed by atoms with Crippen LogP contribution < -0.4 is 0 Å². The minimum Gasteiger partial charge on any atom is -0.480 e. The third kappa shape index (κ3) is 1.53. The van der Waals surface area contributed by atoms with Crippen molar-refractivity contribution >= 4 is 43.1 Å². The lowest BCUT2D eigenvalue weighted by atomic mass is 10.4. The molecule has 0 radical (unpaired) electrons. The topological polar surface area (TPSA) is 71.4 Å².